The molecule has 1 aliphatic carbocycles. The van der Waals surface area contributed by atoms with E-state index < -0.39 is 0 Å². The molecular weight excluding hydrogens is 386 g/mol. The lowest BCUT2D eigenvalue weighted by molar-refractivity contribution is 0.574. The number of halogens is 2. The van der Waals surface area contributed by atoms with Crippen molar-refractivity contribution < 1.29 is 0 Å². The van der Waals surface area contributed by atoms with Crippen LogP contribution in [0.5, 0.6) is 0 Å². The molecule has 5 heteroatoms. The molecule has 2 heterocycles. The summed E-state index contributed by atoms with van der Waals surface area (Å²) in [5.74, 6) is 1.00. The van der Waals surface area contributed by atoms with E-state index in [0.29, 0.717) is 11.7 Å². The fourth-order valence-electron chi connectivity index (χ4n) is 4.02. The number of nitrogens with zero attached hydrogens (tertiary/aromatic N) is 2. The fourth-order valence-corrected chi connectivity index (χ4v) is 5.46. The zero-order valence-electron chi connectivity index (χ0n) is 13.5. The summed E-state index contributed by atoms with van der Waals surface area (Å²) in [5, 5.41) is 0.842. The van der Waals surface area contributed by atoms with E-state index in [1.807, 2.05) is 16.5 Å². The van der Waals surface area contributed by atoms with Crippen molar-refractivity contribution in [2.75, 3.05) is 5.73 Å². The van der Waals surface area contributed by atoms with Gasteiger partial charge in [0.2, 0.25) is 0 Å². The highest BCUT2D eigenvalue weighted by molar-refractivity contribution is 9.09. The number of hydrogen-bond donors (Lipinski definition) is 1. The lowest BCUT2D eigenvalue weighted by Crippen LogP contribution is -2.24. The van der Waals surface area contributed by atoms with E-state index >= 15 is 0 Å². The molecule has 124 valence electrons. The quantitative estimate of drug-likeness (QED) is 0.578. The SMILES string of the molecule is Cc1cc2ncc(N)n2cc1C1(Br)CCCC1c1ccccc1Cl. The van der Waals surface area contributed by atoms with Gasteiger partial charge in [0.1, 0.15) is 11.5 Å². The summed E-state index contributed by atoms with van der Waals surface area (Å²) in [6.45, 7) is 2.14. The van der Waals surface area contributed by atoms with Crippen LogP contribution in [-0.4, -0.2) is 9.38 Å². The second-order valence-corrected chi connectivity index (χ2v) is 8.43. The Morgan fingerprint density at radius 2 is 2.17 bits per heavy atom. The van der Waals surface area contributed by atoms with Crippen LogP contribution in [0.3, 0.4) is 0 Å². The molecule has 24 heavy (non-hydrogen) atoms. The molecule has 2 aromatic heterocycles. The van der Waals surface area contributed by atoms with Gasteiger partial charge in [-0.1, -0.05) is 52.2 Å². The van der Waals surface area contributed by atoms with Gasteiger partial charge in [0.15, 0.2) is 0 Å². The van der Waals surface area contributed by atoms with E-state index in [2.05, 4.69) is 52.2 Å². The van der Waals surface area contributed by atoms with Crippen LogP contribution in [0.1, 0.15) is 41.9 Å². The van der Waals surface area contributed by atoms with Crippen molar-refractivity contribution in [3.63, 3.8) is 0 Å². The Morgan fingerprint density at radius 3 is 2.96 bits per heavy atom. The number of nitrogens with two attached hydrogens (primary N) is 1. The Labute approximate surface area is 155 Å². The highest BCUT2D eigenvalue weighted by atomic mass is 79.9. The van der Waals surface area contributed by atoms with Crippen LogP contribution in [0.25, 0.3) is 5.65 Å². The molecular formula is C19H19BrClN3. The number of fused-ring (bicyclic) bond motifs is 1. The minimum atomic E-state index is -0.132. The van der Waals surface area contributed by atoms with Crippen LogP contribution in [0.15, 0.2) is 42.7 Å². The average Bonchev–Trinajstić information content (AvgIpc) is 3.11. The van der Waals surface area contributed by atoms with Gasteiger partial charge < -0.3 is 5.73 Å². The molecule has 4 rings (SSSR count). The van der Waals surface area contributed by atoms with Crippen molar-refractivity contribution >= 4 is 39.0 Å². The third kappa shape index (κ3) is 2.35. The van der Waals surface area contributed by atoms with E-state index in [-0.39, 0.29) is 4.32 Å². The van der Waals surface area contributed by atoms with Gasteiger partial charge in [-0.3, -0.25) is 4.40 Å². The molecule has 2 N–H and O–H groups in total. The molecule has 1 saturated carbocycles. The zero-order chi connectivity index (χ0) is 16.9. The smallest absolute Gasteiger partial charge is 0.138 e. The number of alkyl halides is 1. The van der Waals surface area contributed by atoms with Gasteiger partial charge in [-0.2, -0.15) is 0 Å². The summed E-state index contributed by atoms with van der Waals surface area (Å²) in [6, 6.07) is 10.3. The van der Waals surface area contributed by atoms with Crippen molar-refractivity contribution in [1.29, 1.82) is 0 Å². The average molecular weight is 405 g/mol. The third-order valence-electron chi connectivity index (χ3n) is 5.20. The monoisotopic (exact) mass is 403 g/mol. The van der Waals surface area contributed by atoms with Crippen molar-refractivity contribution in [1.82, 2.24) is 9.38 Å². The number of aromatic nitrogens is 2. The number of imidazole rings is 1. The Hall–Kier alpha value is -1.52. The topological polar surface area (TPSA) is 43.3 Å². The first-order valence-corrected chi connectivity index (χ1v) is 9.35. The number of rotatable bonds is 2. The second-order valence-electron chi connectivity index (χ2n) is 6.61. The van der Waals surface area contributed by atoms with Gasteiger partial charge in [-0.05, 0) is 48.6 Å². The number of hydrogen-bond acceptors (Lipinski definition) is 2. The molecule has 0 spiro atoms. The number of benzene rings is 1. The molecule has 0 bridgehead atoms. The summed E-state index contributed by atoms with van der Waals surface area (Å²) in [4.78, 5) is 4.36. The molecule has 1 aliphatic rings. The van der Waals surface area contributed by atoms with Gasteiger partial charge in [0.05, 0.1) is 10.5 Å². The van der Waals surface area contributed by atoms with Crippen LogP contribution in [0.2, 0.25) is 5.02 Å². The number of pyridine rings is 1. The van der Waals surface area contributed by atoms with E-state index in [0.717, 1.165) is 29.9 Å². The molecule has 0 saturated heterocycles. The molecule has 2 unspecified atom stereocenters. The van der Waals surface area contributed by atoms with Crippen molar-refractivity contribution in [2.45, 2.75) is 36.4 Å². The van der Waals surface area contributed by atoms with Gasteiger partial charge >= 0.3 is 0 Å². The minimum absolute atomic E-state index is 0.132. The van der Waals surface area contributed by atoms with Crippen molar-refractivity contribution in [3.05, 3.63) is 64.4 Å². The summed E-state index contributed by atoms with van der Waals surface area (Å²) in [7, 11) is 0. The molecule has 3 aromatic rings. The lowest BCUT2D eigenvalue weighted by atomic mass is 9.83. The largest absolute Gasteiger partial charge is 0.383 e. The summed E-state index contributed by atoms with van der Waals surface area (Å²) >= 11 is 10.6. The first-order chi connectivity index (χ1) is 11.5. The molecule has 2 atom stereocenters. The second kappa shape index (κ2) is 5.78. The van der Waals surface area contributed by atoms with Crippen LogP contribution in [0, 0.1) is 6.92 Å². The maximum atomic E-state index is 6.51. The maximum absolute atomic E-state index is 6.51. The summed E-state index contributed by atoms with van der Waals surface area (Å²) in [5.41, 5.74) is 10.7. The van der Waals surface area contributed by atoms with E-state index in [1.165, 1.54) is 16.7 Å². The first-order valence-electron chi connectivity index (χ1n) is 8.18. The van der Waals surface area contributed by atoms with E-state index in [9.17, 15) is 0 Å². The predicted octanol–water partition coefficient (Wildman–Crippen LogP) is 5.44. The standard InChI is InChI=1S/C19H19BrClN3/c1-12-9-18-23-10-17(22)24(18)11-15(12)19(20)8-4-6-14(19)13-5-2-3-7-16(13)21/h2-3,5,7,9-11,14H,4,6,8,22H2,1H3. The van der Waals surface area contributed by atoms with Crippen LogP contribution >= 0.6 is 27.5 Å². The molecule has 0 radical (unpaired) electrons. The molecule has 1 fully saturated rings. The predicted molar refractivity (Wildman–Crippen MR) is 103 cm³/mol. The van der Waals surface area contributed by atoms with Gasteiger partial charge in [0.25, 0.3) is 0 Å². The number of nitrogen functional groups attached to an aromatic ring is 1. The maximum Gasteiger partial charge on any atom is 0.138 e. The third-order valence-corrected chi connectivity index (χ3v) is 6.92. The Balaban J connectivity index is 1.89. The highest BCUT2D eigenvalue weighted by Gasteiger charge is 2.44. The fraction of sp³-hybridized carbons (Fsp3) is 0.316. The first kappa shape index (κ1) is 16.0. The summed E-state index contributed by atoms with van der Waals surface area (Å²) in [6.07, 6.45) is 7.20. The normalized spacial score (nSPS) is 23.9. The van der Waals surface area contributed by atoms with Gasteiger partial charge in [-0.25, -0.2) is 4.98 Å². The molecule has 1 aromatic carbocycles. The highest BCUT2D eigenvalue weighted by Crippen LogP contribution is 2.57. The van der Waals surface area contributed by atoms with Gasteiger partial charge in [-0.15, -0.1) is 0 Å². The zero-order valence-corrected chi connectivity index (χ0v) is 15.8. The van der Waals surface area contributed by atoms with Crippen LogP contribution < -0.4 is 5.73 Å². The van der Waals surface area contributed by atoms with Crippen molar-refractivity contribution in [3.8, 4) is 0 Å². The Kier molecular flexibility index (Phi) is 3.85. The lowest BCUT2D eigenvalue weighted by Gasteiger charge is -2.32. The Bertz CT molecular complexity index is 920. The van der Waals surface area contributed by atoms with E-state index in [1.54, 1.807) is 6.20 Å². The molecule has 3 nitrogen and oxygen atoms in total. The minimum Gasteiger partial charge on any atom is -0.383 e. The molecule has 0 amide bonds. The van der Waals surface area contributed by atoms with E-state index in [4.69, 9.17) is 17.3 Å². The summed E-state index contributed by atoms with van der Waals surface area (Å²) < 4.78 is 1.83. The van der Waals surface area contributed by atoms with Crippen molar-refractivity contribution in [2.24, 2.45) is 0 Å². The van der Waals surface area contributed by atoms with Gasteiger partial charge in [0, 0.05) is 17.1 Å². The Morgan fingerprint density at radius 1 is 1.38 bits per heavy atom. The van der Waals surface area contributed by atoms with Crippen LogP contribution in [-0.2, 0) is 4.32 Å². The molecule has 0 aliphatic heterocycles. The number of aryl methyl sites for hydroxylation is 1. The van der Waals surface area contributed by atoms with Crippen LogP contribution in [0.4, 0.5) is 5.82 Å². The number of anilines is 1.